The molecule has 0 radical (unpaired) electrons. The van der Waals surface area contributed by atoms with E-state index in [2.05, 4.69) is 41.6 Å². The van der Waals surface area contributed by atoms with Crippen molar-refractivity contribution in [3.05, 3.63) is 35.9 Å². The van der Waals surface area contributed by atoms with E-state index in [4.69, 9.17) is 9.73 Å². The Morgan fingerprint density at radius 1 is 1.29 bits per heavy atom. The molecule has 0 amide bonds. The molecule has 0 saturated carbocycles. The first-order valence-electron chi connectivity index (χ1n) is 9.10. The number of nitrogens with zero attached hydrogens (tertiary/aromatic N) is 2. The van der Waals surface area contributed by atoms with Gasteiger partial charge in [0.1, 0.15) is 0 Å². The molecule has 2 rings (SSSR count). The summed E-state index contributed by atoms with van der Waals surface area (Å²) >= 11 is 0. The number of rotatable bonds is 8. The Hall–Kier alpha value is -1.59. The zero-order valence-electron chi connectivity index (χ0n) is 15.1. The number of aliphatic imine (C=N–C) groups is 1. The summed E-state index contributed by atoms with van der Waals surface area (Å²) in [6, 6.07) is 10.3. The lowest BCUT2D eigenvalue weighted by atomic mass is 9.99. The summed E-state index contributed by atoms with van der Waals surface area (Å²) in [7, 11) is 2.20. The van der Waals surface area contributed by atoms with E-state index in [1.165, 1.54) is 24.9 Å². The Labute approximate surface area is 146 Å². The first-order chi connectivity index (χ1) is 11.8. The third-order valence-corrected chi connectivity index (χ3v) is 4.22. The highest BCUT2D eigenvalue weighted by Gasteiger charge is 2.16. The minimum absolute atomic E-state index is 0.657. The first-order valence-corrected chi connectivity index (χ1v) is 9.10. The zero-order chi connectivity index (χ0) is 17.0. The summed E-state index contributed by atoms with van der Waals surface area (Å²) < 4.78 is 5.70. The van der Waals surface area contributed by atoms with Crippen molar-refractivity contribution in [3.8, 4) is 0 Å². The second-order valence-electron chi connectivity index (χ2n) is 6.46. The molecule has 0 aromatic heterocycles. The Morgan fingerprint density at radius 2 is 2.12 bits per heavy atom. The van der Waals surface area contributed by atoms with Crippen LogP contribution < -0.4 is 10.6 Å². The van der Waals surface area contributed by atoms with Crippen molar-refractivity contribution in [2.45, 2.75) is 26.4 Å². The van der Waals surface area contributed by atoms with Gasteiger partial charge in [-0.3, -0.25) is 4.99 Å². The van der Waals surface area contributed by atoms with Crippen LogP contribution in [-0.2, 0) is 11.3 Å². The zero-order valence-corrected chi connectivity index (χ0v) is 15.1. The molecule has 1 aliphatic heterocycles. The van der Waals surface area contributed by atoms with Gasteiger partial charge in [0, 0.05) is 26.2 Å². The van der Waals surface area contributed by atoms with Gasteiger partial charge in [0.2, 0.25) is 0 Å². The average molecular weight is 332 g/mol. The van der Waals surface area contributed by atoms with Crippen LogP contribution in [-0.4, -0.2) is 57.2 Å². The van der Waals surface area contributed by atoms with Gasteiger partial charge >= 0.3 is 0 Å². The monoisotopic (exact) mass is 332 g/mol. The highest BCUT2D eigenvalue weighted by atomic mass is 16.5. The van der Waals surface area contributed by atoms with Gasteiger partial charge in [-0.05, 0) is 44.8 Å². The SMILES string of the molecule is CCNC(=NCC1CCCN(C)C1)NCCOCc1ccccc1. The molecule has 2 N–H and O–H groups in total. The molecular weight excluding hydrogens is 300 g/mol. The minimum Gasteiger partial charge on any atom is -0.375 e. The van der Waals surface area contributed by atoms with Gasteiger partial charge in [-0.25, -0.2) is 0 Å². The van der Waals surface area contributed by atoms with Gasteiger partial charge < -0.3 is 20.3 Å². The highest BCUT2D eigenvalue weighted by molar-refractivity contribution is 5.79. The van der Waals surface area contributed by atoms with Crippen molar-refractivity contribution < 1.29 is 4.74 Å². The summed E-state index contributed by atoms with van der Waals surface area (Å²) in [5.74, 6) is 1.57. The van der Waals surface area contributed by atoms with E-state index in [0.717, 1.165) is 32.1 Å². The summed E-state index contributed by atoms with van der Waals surface area (Å²) in [4.78, 5) is 7.14. The number of hydrogen-bond acceptors (Lipinski definition) is 3. The van der Waals surface area contributed by atoms with E-state index in [0.29, 0.717) is 19.1 Å². The molecule has 1 unspecified atom stereocenters. The molecule has 0 spiro atoms. The molecule has 1 fully saturated rings. The first kappa shape index (κ1) is 18.7. The van der Waals surface area contributed by atoms with E-state index < -0.39 is 0 Å². The predicted molar refractivity (Wildman–Crippen MR) is 100 cm³/mol. The Balaban J connectivity index is 1.65. The minimum atomic E-state index is 0.657. The lowest BCUT2D eigenvalue weighted by Gasteiger charge is -2.28. The molecule has 0 aliphatic carbocycles. The van der Waals surface area contributed by atoms with Crippen molar-refractivity contribution in [1.82, 2.24) is 15.5 Å². The van der Waals surface area contributed by atoms with Gasteiger partial charge in [-0.15, -0.1) is 0 Å². The van der Waals surface area contributed by atoms with Crippen LogP contribution in [0.2, 0.25) is 0 Å². The van der Waals surface area contributed by atoms with Crippen molar-refractivity contribution in [2.24, 2.45) is 10.9 Å². The molecular formula is C19H32N4O. The topological polar surface area (TPSA) is 48.9 Å². The number of piperidine rings is 1. The van der Waals surface area contributed by atoms with E-state index in [-0.39, 0.29) is 0 Å². The molecule has 1 aromatic rings. The molecule has 24 heavy (non-hydrogen) atoms. The molecule has 1 aliphatic rings. The number of hydrogen-bond donors (Lipinski definition) is 2. The van der Waals surface area contributed by atoms with Crippen LogP contribution in [0.15, 0.2) is 35.3 Å². The molecule has 134 valence electrons. The van der Waals surface area contributed by atoms with Crippen molar-refractivity contribution in [1.29, 1.82) is 0 Å². The lowest BCUT2D eigenvalue weighted by Crippen LogP contribution is -2.40. The molecule has 5 heteroatoms. The highest BCUT2D eigenvalue weighted by Crippen LogP contribution is 2.14. The maximum absolute atomic E-state index is 5.70. The molecule has 1 heterocycles. The standard InChI is InChI=1S/C19H32N4O/c1-3-20-19(22-14-18-10-7-12-23(2)15-18)21-11-13-24-16-17-8-5-4-6-9-17/h4-6,8-9,18H,3,7,10-16H2,1-2H3,(H2,20,21,22). The maximum atomic E-state index is 5.70. The van der Waals surface area contributed by atoms with Crippen molar-refractivity contribution in [3.63, 3.8) is 0 Å². The fourth-order valence-electron chi connectivity index (χ4n) is 2.99. The number of guanidine groups is 1. The maximum Gasteiger partial charge on any atom is 0.191 e. The second kappa shape index (κ2) is 11.0. The van der Waals surface area contributed by atoms with Gasteiger partial charge in [0.15, 0.2) is 5.96 Å². The molecule has 5 nitrogen and oxygen atoms in total. The Morgan fingerprint density at radius 3 is 2.88 bits per heavy atom. The Bertz CT molecular complexity index is 478. The number of likely N-dealkylation sites (tertiary alicyclic amines) is 1. The quantitative estimate of drug-likeness (QED) is 0.435. The van der Waals surface area contributed by atoms with E-state index in [1.807, 2.05) is 18.2 Å². The largest absolute Gasteiger partial charge is 0.375 e. The summed E-state index contributed by atoms with van der Waals surface area (Å²) in [5, 5.41) is 6.67. The van der Waals surface area contributed by atoms with Crippen LogP contribution >= 0.6 is 0 Å². The van der Waals surface area contributed by atoms with E-state index in [1.54, 1.807) is 0 Å². The molecule has 0 bridgehead atoms. The van der Waals surface area contributed by atoms with Crippen molar-refractivity contribution in [2.75, 3.05) is 46.4 Å². The number of benzene rings is 1. The van der Waals surface area contributed by atoms with Gasteiger partial charge in [0.25, 0.3) is 0 Å². The normalized spacial score (nSPS) is 19.2. The van der Waals surface area contributed by atoms with Crippen LogP contribution in [0.5, 0.6) is 0 Å². The smallest absolute Gasteiger partial charge is 0.191 e. The fraction of sp³-hybridized carbons (Fsp3) is 0.632. The number of nitrogens with one attached hydrogen (secondary N) is 2. The van der Waals surface area contributed by atoms with Crippen LogP contribution in [0.1, 0.15) is 25.3 Å². The number of ether oxygens (including phenoxy) is 1. The fourth-order valence-corrected chi connectivity index (χ4v) is 2.99. The molecule has 1 saturated heterocycles. The third kappa shape index (κ3) is 7.32. The summed E-state index contributed by atoms with van der Waals surface area (Å²) in [6.07, 6.45) is 2.57. The van der Waals surface area contributed by atoms with Crippen molar-refractivity contribution >= 4 is 5.96 Å². The summed E-state index contributed by atoms with van der Waals surface area (Å²) in [6.45, 7) is 8.34. The van der Waals surface area contributed by atoms with Crippen LogP contribution in [0, 0.1) is 5.92 Å². The van der Waals surface area contributed by atoms with E-state index >= 15 is 0 Å². The Kier molecular flexibility index (Phi) is 8.63. The molecule has 1 aromatic carbocycles. The third-order valence-electron chi connectivity index (χ3n) is 4.22. The second-order valence-corrected chi connectivity index (χ2v) is 6.46. The summed E-state index contributed by atoms with van der Waals surface area (Å²) in [5.41, 5.74) is 1.21. The van der Waals surface area contributed by atoms with Gasteiger partial charge in [0.05, 0.1) is 13.2 Å². The van der Waals surface area contributed by atoms with Crippen LogP contribution in [0.25, 0.3) is 0 Å². The van der Waals surface area contributed by atoms with Crippen LogP contribution in [0.3, 0.4) is 0 Å². The van der Waals surface area contributed by atoms with E-state index in [9.17, 15) is 0 Å². The average Bonchev–Trinajstić information content (AvgIpc) is 2.60. The van der Waals surface area contributed by atoms with Gasteiger partial charge in [-0.1, -0.05) is 30.3 Å². The predicted octanol–water partition coefficient (Wildman–Crippen LogP) is 2.10. The van der Waals surface area contributed by atoms with Crippen LogP contribution in [0.4, 0.5) is 0 Å². The molecule has 1 atom stereocenters. The lowest BCUT2D eigenvalue weighted by molar-refractivity contribution is 0.125. The van der Waals surface area contributed by atoms with Gasteiger partial charge in [-0.2, -0.15) is 0 Å².